The van der Waals surface area contributed by atoms with E-state index >= 15 is 0 Å². The normalized spacial score (nSPS) is 11.1. The minimum Gasteiger partial charge on any atom is -0.465 e. The minimum atomic E-state index is -0.281. The van der Waals surface area contributed by atoms with Crippen LogP contribution in [-0.4, -0.2) is 13.1 Å². The number of carbonyl (C=O) groups excluding carboxylic acids is 1. The molecule has 0 aliphatic heterocycles. The predicted octanol–water partition coefficient (Wildman–Crippen LogP) is 4.71. The fourth-order valence-corrected chi connectivity index (χ4v) is 1.93. The second-order valence-electron chi connectivity index (χ2n) is 5.27. The van der Waals surface area contributed by atoms with Gasteiger partial charge in [0.25, 0.3) is 0 Å². The highest BCUT2D eigenvalue weighted by molar-refractivity contribution is 5.89. The molecule has 0 aliphatic rings. The van der Waals surface area contributed by atoms with Crippen molar-refractivity contribution in [1.82, 2.24) is 0 Å². The van der Waals surface area contributed by atoms with Gasteiger partial charge in [0.1, 0.15) is 0 Å². The third-order valence-electron chi connectivity index (χ3n) is 3.13. The van der Waals surface area contributed by atoms with E-state index in [-0.39, 0.29) is 5.97 Å². The van der Waals surface area contributed by atoms with E-state index in [1.807, 2.05) is 18.2 Å². The van der Waals surface area contributed by atoms with Gasteiger partial charge in [0.15, 0.2) is 0 Å². The first-order valence-corrected chi connectivity index (χ1v) is 6.99. The predicted molar refractivity (Wildman–Crippen MR) is 83.9 cm³/mol. The third kappa shape index (κ3) is 5.87. The van der Waals surface area contributed by atoms with E-state index in [2.05, 4.69) is 32.9 Å². The van der Waals surface area contributed by atoms with Crippen molar-refractivity contribution in [2.24, 2.45) is 0 Å². The molecule has 1 aromatic carbocycles. The highest BCUT2D eigenvalue weighted by Gasteiger charge is 2.04. The quantitative estimate of drug-likeness (QED) is 0.554. The fraction of sp³-hybridized carbons (Fsp3) is 0.389. The van der Waals surface area contributed by atoms with Crippen molar-refractivity contribution in [2.75, 3.05) is 7.11 Å². The molecule has 2 nitrogen and oxygen atoms in total. The van der Waals surface area contributed by atoms with Crippen molar-refractivity contribution < 1.29 is 9.53 Å². The third-order valence-corrected chi connectivity index (χ3v) is 3.13. The molecule has 0 aliphatic carbocycles. The molecule has 0 spiro atoms. The highest BCUT2D eigenvalue weighted by atomic mass is 16.5. The molecule has 0 saturated heterocycles. The van der Waals surface area contributed by atoms with Crippen molar-refractivity contribution in [3.05, 3.63) is 58.7 Å². The Bertz CT molecular complexity index is 506. The molecule has 0 saturated carbocycles. The maximum absolute atomic E-state index is 11.5. The lowest BCUT2D eigenvalue weighted by Crippen LogP contribution is -2.01. The van der Waals surface area contributed by atoms with Gasteiger partial charge in [-0.2, -0.15) is 0 Å². The van der Waals surface area contributed by atoms with Gasteiger partial charge in [0, 0.05) is 0 Å². The number of hydrogen-bond donors (Lipinski definition) is 0. The van der Waals surface area contributed by atoms with Gasteiger partial charge in [-0.1, -0.05) is 35.4 Å². The number of carbonyl (C=O) groups is 1. The molecule has 0 aromatic heterocycles. The van der Waals surface area contributed by atoms with Crippen LogP contribution in [0.25, 0.3) is 0 Å². The molecule has 20 heavy (non-hydrogen) atoms. The molecule has 1 rings (SSSR count). The Hall–Kier alpha value is -1.83. The molecule has 0 atom stereocenters. The number of methoxy groups -OCH3 is 1. The molecule has 108 valence electrons. The lowest BCUT2D eigenvalue weighted by atomic mass is 10.0. The van der Waals surface area contributed by atoms with Gasteiger partial charge in [-0.05, 0) is 57.7 Å². The molecule has 0 heterocycles. The second-order valence-corrected chi connectivity index (χ2v) is 5.27. The molecule has 1 aromatic rings. The summed E-state index contributed by atoms with van der Waals surface area (Å²) < 4.78 is 4.73. The van der Waals surface area contributed by atoms with E-state index in [4.69, 9.17) is 4.74 Å². The molecule has 2 heteroatoms. The van der Waals surface area contributed by atoms with E-state index in [0.717, 1.165) is 24.8 Å². The van der Waals surface area contributed by atoms with Crippen LogP contribution in [0.3, 0.4) is 0 Å². The number of rotatable bonds is 6. The van der Waals surface area contributed by atoms with Crippen LogP contribution >= 0.6 is 0 Å². The van der Waals surface area contributed by atoms with Gasteiger partial charge in [-0.25, -0.2) is 4.79 Å². The first-order chi connectivity index (χ1) is 9.52. The summed E-state index contributed by atoms with van der Waals surface area (Å²) in [4.78, 5) is 11.5. The number of ether oxygens (including phenoxy) is 1. The van der Waals surface area contributed by atoms with Crippen LogP contribution < -0.4 is 0 Å². The van der Waals surface area contributed by atoms with Gasteiger partial charge in [0.05, 0.1) is 12.7 Å². The van der Waals surface area contributed by atoms with Crippen molar-refractivity contribution in [1.29, 1.82) is 0 Å². The lowest BCUT2D eigenvalue weighted by molar-refractivity contribution is 0.0600. The Morgan fingerprint density at radius 2 is 1.95 bits per heavy atom. The number of hydrogen-bond acceptors (Lipinski definition) is 2. The second kappa shape index (κ2) is 8.36. The van der Waals surface area contributed by atoms with E-state index in [9.17, 15) is 4.79 Å². The summed E-state index contributed by atoms with van der Waals surface area (Å²) in [6.45, 7) is 6.40. The zero-order valence-electron chi connectivity index (χ0n) is 12.9. The Kier molecular flexibility index (Phi) is 6.78. The monoisotopic (exact) mass is 272 g/mol. The molecule has 0 unspecified atom stereocenters. The van der Waals surface area contributed by atoms with Gasteiger partial charge in [-0.3, -0.25) is 0 Å². The smallest absolute Gasteiger partial charge is 0.337 e. The average molecular weight is 272 g/mol. The Balaban J connectivity index is 2.60. The zero-order chi connectivity index (χ0) is 15.0. The van der Waals surface area contributed by atoms with Crippen molar-refractivity contribution in [2.45, 2.75) is 40.0 Å². The Morgan fingerprint density at radius 1 is 1.20 bits per heavy atom. The van der Waals surface area contributed by atoms with E-state index < -0.39 is 0 Å². The van der Waals surface area contributed by atoms with Gasteiger partial charge < -0.3 is 4.74 Å². The maximum atomic E-state index is 11.5. The molecular weight excluding hydrogens is 248 g/mol. The lowest BCUT2D eigenvalue weighted by Gasteiger charge is -2.03. The molecule has 0 fully saturated rings. The van der Waals surface area contributed by atoms with Crippen LogP contribution in [0.15, 0.2) is 47.6 Å². The summed E-state index contributed by atoms with van der Waals surface area (Å²) in [5, 5.41) is 0. The standard InChI is InChI=1S/C18H24O2/c1-14(2)7-5-8-15(3)11-12-16-9-6-10-17(13-16)18(19)20-4/h6-7,9-11,13H,5,8,12H2,1-4H3/b15-11+. The zero-order valence-corrected chi connectivity index (χ0v) is 12.9. The van der Waals surface area contributed by atoms with Gasteiger partial charge >= 0.3 is 5.97 Å². The number of benzene rings is 1. The van der Waals surface area contributed by atoms with Crippen LogP contribution in [0.1, 0.15) is 49.5 Å². The number of esters is 1. The van der Waals surface area contributed by atoms with Crippen LogP contribution in [0.4, 0.5) is 0 Å². The molecule has 0 bridgehead atoms. The summed E-state index contributed by atoms with van der Waals surface area (Å²) in [6.07, 6.45) is 7.52. The summed E-state index contributed by atoms with van der Waals surface area (Å²) >= 11 is 0. The average Bonchev–Trinajstić information content (AvgIpc) is 2.44. The van der Waals surface area contributed by atoms with E-state index in [0.29, 0.717) is 5.56 Å². The fourth-order valence-electron chi connectivity index (χ4n) is 1.93. The van der Waals surface area contributed by atoms with Crippen molar-refractivity contribution in [3.63, 3.8) is 0 Å². The number of allylic oxidation sites excluding steroid dienone is 4. The summed E-state index contributed by atoms with van der Waals surface area (Å²) in [5.74, 6) is -0.281. The van der Waals surface area contributed by atoms with Gasteiger partial charge in [-0.15, -0.1) is 0 Å². The maximum Gasteiger partial charge on any atom is 0.337 e. The Labute approximate surface area is 122 Å². The first-order valence-electron chi connectivity index (χ1n) is 6.99. The SMILES string of the molecule is COC(=O)c1cccc(C/C=C(\C)CCC=C(C)C)c1. The molecule has 0 radical (unpaired) electrons. The largest absolute Gasteiger partial charge is 0.465 e. The van der Waals surface area contributed by atoms with E-state index in [1.165, 1.54) is 18.3 Å². The minimum absolute atomic E-state index is 0.281. The molecule has 0 amide bonds. The van der Waals surface area contributed by atoms with Gasteiger partial charge in [0.2, 0.25) is 0 Å². The molecular formula is C18H24O2. The van der Waals surface area contributed by atoms with Crippen LogP contribution in [-0.2, 0) is 11.2 Å². The first kappa shape index (κ1) is 16.2. The summed E-state index contributed by atoms with van der Waals surface area (Å²) in [5.41, 5.74) is 4.49. The van der Waals surface area contributed by atoms with Crippen LogP contribution in [0.5, 0.6) is 0 Å². The van der Waals surface area contributed by atoms with Crippen molar-refractivity contribution in [3.8, 4) is 0 Å². The van der Waals surface area contributed by atoms with Crippen molar-refractivity contribution >= 4 is 5.97 Å². The van der Waals surface area contributed by atoms with E-state index in [1.54, 1.807) is 6.07 Å². The topological polar surface area (TPSA) is 26.3 Å². The Morgan fingerprint density at radius 3 is 2.60 bits per heavy atom. The van der Waals surface area contributed by atoms with Crippen LogP contribution in [0, 0.1) is 0 Å². The van der Waals surface area contributed by atoms with Crippen LogP contribution in [0.2, 0.25) is 0 Å². The molecule has 0 N–H and O–H groups in total. The summed E-state index contributed by atoms with van der Waals surface area (Å²) in [6, 6.07) is 7.60. The highest BCUT2D eigenvalue weighted by Crippen LogP contribution is 2.11. The summed E-state index contributed by atoms with van der Waals surface area (Å²) in [7, 11) is 1.41.